The highest BCUT2D eigenvalue weighted by atomic mass is 35.5. The minimum Gasteiger partial charge on any atom is -0.467 e. The summed E-state index contributed by atoms with van der Waals surface area (Å²) in [4.78, 5) is 20.8. The number of benzene rings is 2. The number of amides is 1. The van der Waals surface area contributed by atoms with Crippen LogP contribution in [0.25, 0.3) is 11.4 Å². The highest BCUT2D eigenvalue weighted by molar-refractivity contribution is 6.30. The first-order valence-corrected chi connectivity index (χ1v) is 8.94. The topological polar surface area (TPSA) is 64.1 Å². The SMILES string of the molecule is Cc1ccc(CNC(=O)COc2cc(C)nc(-c3ccc(Cl)cc3)n2)cc1. The highest BCUT2D eigenvalue weighted by Crippen LogP contribution is 2.21. The van der Waals surface area contributed by atoms with E-state index in [9.17, 15) is 4.79 Å². The smallest absolute Gasteiger partial charge is 0.258 e. The maximum Gasteiger partial charge on any atom is 0.258 e. The third-order valence-corrected chi connectivity index (χ3v) is 4.15. The average molecular weight is 382 g/mol. The molecule has 0 radical (unpaired) electrons. The summed E-state index contributed by atoms with van der Waals surface area (Å²) in [5.41, 5.74) is 3.81. The molecule has 27 heavy (non-hydrogen) atoms. The van der Waals surface area contributed by atoms with Crippen LogP contribution in [0.1, 0.15) is 16.8 Å². The molecular formula is C21H20ClN3O2. The fraction of sp³-hybridized carbons (Fsp3) is 0.190. The summed E-state index contributed by atoms with van der Waals surface area (Å²) in [5, 5.41) is 3.48. The minimum absolute atomic E-state index is 0.109. The number of rotatable bonds is 6. The lowest BCUT2D eigenvalue weighted by Crippen LogP contribution is -2.28. The molecule has 5 nitrogen and oxygen atoms in total. The molecule has 2 aromatic carbocycles. The zero-order valence-electron chi connectivity index (χ0n) is 15.2. The molecule has 1 amide bonds. The molecule has 1 aromatic heterocycles. The van der Waals surface area contributed by atoms with Crippen LogP contribution in [0.15, 0.2) is 54.6 Å². The van der Waals surface area contributed by atoms with Crippen molar-refractivity contribution < 1.29 is 9.53 Å². The van der Waals surface area contributed by atoms with Crippen LogP contribution < -0.4 is 10.1 Å². The first kappa shape index (κ1) is 18.9. The second-order valence-electron chi connectivity index (χ2n) is 6.23. The van der Waals surface area contributed by atoms with Gasteiger partial charge < -0.3 is 10.1 Å². The lowest BCUT2D eigenvalue weighted by atomic mass is 10.1. The number of ether oxygens (including phenoxy) is 1. The number of nitrogens with zero attached hydrogens (tertiary/aromatic N) is 2. The van der Waals surface area contributed by atoms with Gasteiger partial charge in [-0.25, -0.2) is 4.98 Å². The largest absolute Gasteiger partial charge is 0.467 e. The van der Waals surface area contributed by atoms with Crippen LogP contribution in [0.4, 0.5) is 0 Å². The molecular weight excluding hydrogens is 362 g/mol. The van der Waals surface area contributed by atoms with Crippen molar-refractivity contribution in [3.8, 4) is 17.3 Å². The average Bonchev–Trinajstić information content (AvgIpc) is 2.66. The van der Waals surface area contributed by atoms with E-state index in [4.69, 9.17) is 16.3 Å². The number of carbonyl (C=O) groups excluding carboxylic acids is 1. The van der Waals surface area contributed by atoms with Crippen LogP contribution >= 0.6 is 11.6 Å². The van der Waals surface area contributed by atoms with Crippen LogP contribution in [0, 0.1) is 13.8 Å². The normalized spacial score (nSPS) is 10.5. The molecule has 0 unspecified atom stereocenters. The Labute approximate surface area is 163 Å². The minimum atomic E-state index is -0.208. The van der Waals surface area contributed by atoms with Crippen LogP contribution in [0.5, 0.6) is 5.88 Å². The summed E-state index contributed by atoms with van der Waals surface area (Å²) in [7, 11) is 0. The molecule has 0 bridgehead atoms. The molecule has 0 aliphatic heterocycles. The van der Waals surface area contributed by atoms with Crippen molar-refractivity contribution in [1.82, 2.24) is 15.3 Å². The van der Waals surface area contributed by atoms with Crippen molar-refractivity contribution in [1.29, 1.82) is 0 Å². The Hall–Kier alpha value is -2.92. The Bertz CT molecular complexity index is 925. The van der Waals surface area contributed by atoms with Gasteiger partial charge in [-0.2, -0.15) is 4.98 Å². The third-order valence-electron chi connectivity index (χ3n) is 3.89. The van der Waals surface area contributed by atoms with Crippen molar-refractivity contribution in [2.45, 2.75) is 20.4 Å². The van der Waals surface area contributed by atoms with Gasteiger partial charge in [0.1, 0.15) is 0 Å². The first-order valence-electron chi connectivity index (χ1n) is 8.56. The summed E-state index contributed by atoms with van der Waals surface area (Å²) < 4.78 is 5.55. The Morgan fingerprint density at radius 1 is 1.04 bits per heavy atom. The Kier molecular flexibility index (Phi) is 6.04. The number of halogens is 1. The Morgan fingerprint density at radius 2 is 1.74 bits per heavy atom. The van der Waals surface area contributed by atoms with Crippen molar-refractivity contribution in [2.75, 3.05) is 6.61 Å². The van der Waals surface area contributed by atoms with E-state index < -0.39 is 0 Å². The standard InChI is InChI=1S/C21H20ClN3O2/c1-14-3-5-16(6-4-14)12-23-19(26)13-27-20-11-15(2)24-21(25-20)17-7-9-18(22)10-8-17/h3-11H,12-13H2,1-2H3,(H,23,26). The molecule has 0 aliphatic rings. The van der Waals surface area contributed by atoms with Crippen molar-refractivity contribution in [3.05, 3.63) is 76.4 Å². The summed E-state index contributed by atoms with van der Waals surface area (Å²) in [6.07, 6.45) is 0. The molecule has 0 aliphatic carbocycles. The first-order chi connectivity index (χ1) is 13.0. The lowest BCUT2D eigenvalue weighted by molar-refractivity contribution is -0.123. The molecule has 0 spiro atoms. The van der Waals surface area contributed by atoms with Gasteiger partial charge >= 0.3 is 0 Å². The predicted molar refractivity (Wildman–Crippen MR) is 106 cm³/mol. The van der Waals surface area contributed by atoms with E-state index in [-0.39, 0.29) is 12.5 Å². The van der Waals surface area contributed by atoms with Crippen molar-refractivity contribution >= 4 is 17.5 Å². The van der Waals surface area contributed by atoms with E-state index in [1.807, 2.05) is 50.2 Å². The van der Waals surface area contributed by atoms with E-state index >= 15 is 0 Å². The Morgan fingerprint density at radius 3 is 2.44 bits per heavy atom. The zero-order valence-corrected chi connectivity index (χ0v) is 16.0. The van der Waals surface area contributed by atoms with E-state index in [1.165, 1.54) is 5.56 Å². The lowest BCUT2D eigenvalue weighted by Gasteiger charge is -2.09. The quantitative estimate of drug-likeness (QED) is 0.697. The number of aryl methyl sites for hydroxylation is 2. The molecule has 138 valence electrons. The zero-order chi connectivity index (χ0) is 19.2. The highest BCUT2D eigenvalue weighted by Gasteiger charge is 2.08. The van der Waals surface area contributed by atoms with E-state index in [0.29, 0.717) is 23.3 Å². The van der Waals surface area contributed by atoms with Crippen LogP contribution in [-0.2, 0) is 11.3 Å². The number of hydrogen-bond donors (Lipinski definition) is 1. The fourth-order valence-corrected chi connectivity index (χ4v) is 2.56. The van der Waals surface area contributed by atoms with Crippen molar-refractivity contribution in [2.24, 2.45) is 0 Å². The molecule has 0 saturated heterocycles. The molecule has 3 aromatic rings. The van der Waals surface area contributed by atoms with Gasteiger partial charge in [-0.3, -0.25) is 4.79 Å². The van der Waals surface area contributed by atoms with Crippen LogP contribution in [-0.4, -0.2) is 22.5 Å². The fourth-order valence-electron chi connectivity index (χ4n) is 2.44. The summed E-state index contributed by atoms with van der Waals surface area (Å²) >= 11 is 5.92. The molecule has 0 atom stereocenters. The number of aromatic nitrogens is 2. The molecule has 3 rings (SSSR count). The van der Waals surface area contributed by atoms with Gasteiger partial charge in [0, 0.05) is 28.9 Å². The molecule has 0 fully saturated rings. The predicted octanol–water partition coefficient (Wildman–Crippen LogP) is 4.11. The van der Waals surface area contributed by atoms with Gasteiger partial charge in [-0.05, 0) is 43.7 Å². The molecule has 6 heteroatoms. The summed E-state index contributed by atoms with van der Waals surface area (Å²) in [6.45, 7) is 4.23. The molecule has 0 saturated carbocycles. The van der Waals surface area contributed by atoms with Crippen LogP contribution in [0.3, 0.4) is 0 Å². The number of nitrogens with one attached hydrogen (secondary N) is 1. The number of hydrogen-bond acceptors (Lipinski definition) is 4. The van der Waals surface area contributed by atoms with E-state index in [2.05, 4.69) is 15.3 Å². The monoisotopic (exact) mass is 381 g/mol. The van der Waals surface area contributed by atoms with Gasteiger partial charge in [0.05, 0.1) is 0 Å². The maximum atomic E-state index is 12.0. The van der Waals surface area contributed by atoms with Gasteiger partial charge in [-0.15, -0.1) is 0 Å². The summed E-state index contributed by atoms with van der Waals surface area (Å²) in [5.74, 6) is 0.680. The van der Waals surface area contributed by atoms with E-state index in [1.54, 1.807) is 18.2 Å². The van der Waals surface area contributed by atoms with Gasteiger partial charge in [0.2, 0.25) is 5.88 Å². The number of carbonyl (C=O) groups is 1. The van der Waals surface area contributed by atoms with Gasteiger partial charge in [0.15, 0.2) is 12.4 Å². The second-order valence-corrected chi connectivity index (χ2v) is 6.67. The van der Waals surface area contributed by atoms with Crippen molar-refractivity contribution in [3.63, 3.8) is 0 Å². The van der Waals surface area contributed by atoms with Gasteiger partial charge in [0.25, 0.3) is 5.91 Å². The van der Waals surface area contributed by atoms with Gasteiger partial charge in [-0.1, -0.05) is 41.4 Å². The maximum absolute atomic E-state index is 12.0. The second kappa shape index (κ2) is 8.64. The molecule has 1 N–H and O–H groups in total. The van der Waals surface area contributed by atoms with E-state index in [0.717, 1.165) is 16.8 Å². The summed E-state index contributed by atoms with van der Waals surface area (Å²) in [6, 6.07) is 16.9. The van der Waals surface area contributed by atoms with Crippen LogP contribution in [0.2, 0.25) is 5.02 Å². The Balaban J connectivity index is 1.59. The third kappa shape index (κ3) is 5.53. The molecule has 1 heterocycles.